The molecule has 36 heavy (non-hydrogen) atoms. The van der Waals surface area contributed by atoms with E-state index in [2.05, 4.69) is 25.9 Å². The quantitative estimate of drug-likeness (QED) is 0.258. The molecule has 0 spiro atoms. The molecular weight excluding hydrogens is 477 g/mol. The minimum absolute atomic E-state index is 0.0515. The van der Waals surface area contributed by atoms with Crippen LogP contribution in [0.3, 0.4) is 0 Å². The molecule has 3 aromatic rings. The maximum atomic E-state index is 13.1. The average Bonchev–Trinajstić information content (AvgIpc) is 2.79. The van der Waals surface area contributed by atoms with Gasteiger partial charge >= 0.3 is 6.18 Å². The second-order valence-corrected chi connectivity index (χ2v) is 8.35. The molecule has 0 saturated heterocycles. The summed E-state index contributed by atoms with van der Waals surface area (Å²) < 4.78 is 45.0. The third-order valence-corrected chi connectivity index (χ3v) is 5.15. The Morgan fingerprint density at radius 1 is 1.00 bits per heavy atom. The highest BCUT2D eigenvalue weighted by molar-refractivity contribution is 5.82. The van der Waals surface area contributed by atoms with Gasteiger partial charge in [0.2, 0.25) is 18.1 Å². The number of nitrogens with two attached hydrogens (primary N) is 1. The number of aryl methyl sites for hydroxylation is 1. The van der Waals surface area contributed by atoms with Crippen LogP contribution in [0.2, 0.25) is 0 Å². The Bertz CT molecular complexity index is 1190. The van der Waals surface area contributed by atoms with Crippen LogP contribution in [0.1, 0.15) is 25.0 Å². The lowest BCUT2D eigenvalue weighted by atomic mass is 10.0. The van der Waals surface area contributed by atoms with Crippen molar-refractivity contribution in [2.24, 2.45) is 11.7 Å². The van der Waals surface area contributed by atoms with E-state index in [9.17, 15) is 23.1 Å². The molecule has 1 heterocycles. The fourth-order valence-electron chi connectivity index (χ4n) is 3.31. The van der Waals surface area contributed by atoms with Gasteiger partial charge in [-0.1, -0.05) is 19.9 Å². The standard InChI is InChI=1S/C24H27F3N6O3/c1-13(2)21(22(28)34)33-19-11-20(30-12-29-19)36-17-8-6-15(7-9-17)31-23(35)32-16-5-4-14(3)18(10-16)24(25,26)27/h4-13,21,23,31-32,35H,1-3H3,(H2,28,34)(H,29,30,33). The highest BCUT2D eigenvalue weighted by atomic mass is 19.4. The maximum absolute atomic E-state index is 13.1. The molecule has 0 aliphatic carbocycles. The molecular formula is C24H27F3N6O3. The van der Waals surface area contributed by atoms with Gasteiger partial charge in [0.05, 0.1) is 5.56 Å². The SMILES string of the molecule is Cc1ccc(NC(O)Nc2ccc(Oc3cc(NC(C(N)=O)C(C)C)ncn3)cc2)cc1C(F)(F)F. The summed E-state index contributed by atoms with van der Waals surface area (Å²) in [6, 6.07) is 11.1. The topological polar surface area (TPSA) is 134 Å². The second-order valence-electron chi connectivity index (χ2n) is 8.35. The number of amides is 1. The molecule has 0 bridgehead atoms. The normalized spacial score (nSPS) is 13.1. The Morgan fingerprint density at radius 3 is 2.25 bits per heavy atom. The number of benzene rings is 2. The van der Waals surface area contributed by atoms with Crippen molar-refractivity contribution >= 4 is 23.1 Å². The van der Waals surface area contributed by atoms with Gasteiger partial charge in [-0.3, -0.25) is 4.79 Å². The zero-order valence-corrected chi connectivity index (χ0v) is 19.8. The van der Waals surface area contributed by atoms with Crippen LogP contribution in [0.25, 0.3) is 0 Å². The Labute approximate surface area is 205 Å². The van der Waals surface area contributed by atoms with Crippen molar-refractivity contribution < 1.29 is 27.8 Å². The van der Waals surface area contributed by atoms with Gasteiger partial charge in [0.15, 0.2) is 0 Å². The van der Waals surface area contributed by atoms with Gasteiger partial charge < -0.3 is 31.5 Å². The van der Waals surface area contributed by atoms with Crippen LogP contribution in [0, 0.1) is 12.8 Å². The highest BCUT2D eigenvalue weighted by Gasteiger charge is 2.32. The number of nitrogens with zero attached hydrogens (tertiary/aromatic N) is 2. The van der Waals surface area contributed by atoms with E-state index in [1.54, 1.807) is 24.3 Å². The molecule has 1 aromatic heterocycles. The number of alkyl halides is 3. The molecule has 2 unspecified atom stereocenters. The molecule has 1 amide bonds. The molecule has 0 aliphatic rings. The number of halogens is 3. The Morgan fingerprint density at radius 2 is 1.64 bits per heavy atom. The summed E-state index contributed by atoms with van der Waals surface area (Å²) in [7, 11) is 0. The van der Waals surface area contributed by atoms with Gasteiger partial charge in [-0.2, -0.15) is 13.2 Å². The number of carbonyl (C=O) groups is 1. The number of hydrogen-bond donors (Lipinski definition) is 5. The maximum Gasteiger partial charge on any atom is 0.416 e. The van der Waals surface area contributed by atoms with Crippen LogP contribution in [-0.2, 0) is 11.0 Å². The fraction of sp³-hybridized carbons (Fsp3) is 0.292. The number of aliphatic hydroxyl groups excluding tert-OH is 1. The second kappa shape index (κ2) is 11.1. The number of carbonyl (C=O) groups excluding carboxylic acids is 1. The van der Waals surface area contributed by atoms with Crippen molar-refractivity contribution in [2.75, 3.05) is 16.0 Å². The third-order valence-electron chi connectivity index (χ3n) is 5.15. The first-order valence-corrected chi connectivity index (χ1v) is 11.0. The fourth-order valence-corrected chi connectivity index (χ4v) is 3.31. The Balaban J connectivity index is 1.61. The Hall–Kier alpha value is -4.06. The number of nitrogens with one attached hydrogen (secondary N) is 3. The van der Waals surface area contributed by atoms with Gasteiger partial charge in [0.1, 0.15) is 23.9 Å². The molecule has 9 nitrogen and oxygen atoms in total. The van der Waals surface area contributed by atoms with Crippen LogP contribution in [0.5, 0.6) is 11.6 Å². The van der Waals surface area contributed by atoms with Gasteiger partial charge in [-0.15, -0.1) is 0 Å². The van der Waals surface area contributed by atoms with Crippen LogP contribution in [-0.4, -0.2) is 33.4 Å². The van der Waals surface area contributed by atoms with Crippen LogP contribution < -0.4 is 26.4 Å². The van der Waals surface area contributed by atoms with Crippen LogP contribution in [0.15, 0.2) is 54.9 Å². The number of hydrogen-bond acceptors (Lipinski definition) is 8. The molecule has 2 aromatic carbocycles. The zero-order valence-electron chi connectivity index (χ0n) is 19.8. The van der Waals surface area contributed by atoms with E-state index in [0.29, 0.717) is 17.3 Å². The predicted molar refractivity (Wildman–Crippen MR) is 129 cm³/mol. The van der Waals surface area contributed by atoms with E-state index < -0.39 is 30.0 Å². The van der Waals surface area contributed by atoms with Crippen molar-refractivity contribution in [3.63, 3.8) is 0 Å². The molecule has 0 aliphatic heterocycles. The first-order chi connectivity index (χ1) is 16.9. The van der Waals surface area contributed by atoms with Gasteiger partial charge in [-0.25, -0.2) is 9.97 Å². The van der Waals surface area contributed by atoms with Crippen LogP contribution >= 0.6 is 0 Å². The van der Waals surface area contributed by atoms with Crippen molar-refractivity contribution in [1.82, 2.24) is 9.97 Å². The van der Waals surface area contributed by atoms with E-state index in [-0.39, 0.29) is 23.0 Å². The summed E-state index contributed by atoms with van der Waals surface area (Å²) in [6.45, 7) is 5.07. The largest absolute Gasteiger partial charge is 0.439 e. The minimum atomic E-state index is -4.49. The lowest BCUT2D eigenvalue weighted by Gasteiger charge is -2.19. The van der Waals surface area contributed by atoms with Crippen molar-refractivity contribution in [1.29, 1.82) is 0 Å². The summed E-state index contributed by atoms with van der Waals surface area (Å²) in [5, 5.41) is 18.5. The summed E-state index contributed by atoms with van der Waals surface area (Å²) in [5.41, 5.74) is 5.32. The van der Waals surface area contributed by atoms with E-state index in [1.807, 2.05) is 13.8 Å². The Kier molecular flexibility index (Phi) is 8.20. The minimum Gasteiger partial charge on any atom is -0.439 e. The first-order valence-electron chi connectivity index (χ1n) is 11.0. The number of primary amides is 1. The number of aromatic nitrogens is 2. The highest BCUT2D eigenvalue weighted by Crippen LogP contribution is 2.33. The summed E-state index contributed by atoms with van der Waals surface area (Å²) in [4.78, 5) is 19.7. The molecule has 0 fully saturated rings. The lowest BCUT2D eigenvalue weighted by molar-refractivity contribution is -0.138. The summed E-state index contributed by atoms with van der Waals surface area (Å²) in [6.07, 6.45) is -4.56. The average molecular weight is 505 g/mol. The number of anilines is 3. The monoisotopic (exact) mass is 504 g/mol. The molecule has 2 atom stereocenters. The summed E-state index contributed by atoms with van der Waals surface area (Å²) in [5.74, 6) is 0.464. The van der Waals surface area contributed by atoms with E-state index >= 15 is 0 Å². The van der Waals surface area contributed by atoms with Crippen molar-refractivity contribution in [3.05, 3.63) is 66.0 Å². The molecule has 3 rings (SSSR count). The van der Waals surface area contributed by atoms with Gasteiger partial charge in [0.25, 0.3) is 0 Å². The van der Waals surface area contributed by atoms with Crippen LogP contribution in [0.4, 0.5) is 30.4 Å². The van der Waals surface area contributed by atoms with Crippen molar-refractivity contribution in [3.8, 4) is 11.6 Å². The van der Waals surface area contributed by atoms with Crippen molar-refractivity contribution in [2.45, 2.75) is 39.3 Å². The molecule has 12 heteroatoms. The van der Waals surface area contributed by atoms with Gasteiger partial charge in [0, 0.05) is 17.4 Å². The van der Waals surface area contributed by atoms with Gasteiger partial charge in [-0.05, 0) is 54.8 Å². The smallest absolute Gasteiger partial charge is 0.416 e. The van der Waals surface area contributed by atoms with E-state index in [1.165, 1.54) is 31.5 Å². The van der Waals surface area contributed by atoms with E-state index in [0.717, 1.165) is 6.07 Å². The van der Waals surface area contributed by atoms with E-state index in [4.69, 9.17) is 10.5 Å². The molecule has 0 saturated carbocycles. The summed E-state index contributed by atoms with van der Waals surface area (Å²) >= 11 is 0. The molecule has 192 valence electrons. The number of rotatable bonds is 10. The predicted octanol–water partition coefficient (Wildman–Crippen LogP) is 4.32. The first kappa shape index (κ1) is 26.5. The number of aliphatic hydroxyl groups is 1. The third kappa shape index (κ3) is 7.22. The zero-order chi connectivity index (χ0) is 26.5. The molecule has 0 radical (unpaired) electrons. The molecule has 6 N–H and O–H groups in total. The lowest BCUT2D eigenvalue weighted by Crippen LogP contribution is -2.39. The number of ether oxygens (including phenoxy) is 1.